The molecule has 0 aromatic heterocycles. The van der Waals surface area contributed by atoms with Crippen LogP contribution in [0, 0.1) is 5.41 Å². The molecule has 2 aliphatic rings. The number of hydrogen-bond acceptors (Lipinski definition) is 4. The molecule has 0 radical (unpaired) electrons. The molecule has 0 bridgehead atoms. The van der Waals surface area contributed by atoms with Crippen LogP contribution in [0.2, 0.25) is 0 Å². The average Bonchev–Trinajstić information content (AvgIpc) is 2.87. The summed E-state index contributed by atoms with van der Waals surface area (Å²) in [5.41, 5.74) is -2.56. The Kier molecular flexibility index (Phi) is 2.55. The lowest BCUT2D eigenvalue weighted by Gasteiger charge is -2.47. The standard InChI is InChI=1S/C13H20O4/c1-8(14)5-6-13(16)11(2,3)7-9(15)10-12(13,4)17-10/h5-6,9-10,15-16H,7H2,1-4H3/b6-5+/t9-,10-,12-,13-/m1/s1. The third kappa shape index (κ3) is 1.58. The zero-order valence-corrected chi connectivity index (χ0v) is 10.7. The van der Waals surface area contributed by atoms with Crippen molar-refractivity contribution in [2.24, 2.45) is 5.41 Å². The molecule has 0 unspecified atom stereocenters. The maximum Gasteiger partial charge on any atom is 0.152 e. The van der Waals surface area contributed by atoms with Crippen molar-refractivity contribution in [3.63, 3.8) is 0 Å². The Hall–Kier alpha value is -0.710. The van der Waals surface area contributed by atoms with Gasteiger partial charge in [-0.25, -0.2) is 0 Å². The van der Waals surface area contributed by atoms with E-state index < -0.39 is 22.7 Å². The smallest absolute Gasteiger partial charge is 0.152 e. The predicted octanol–water partition coefficient (Wildman–Crippen LogP) is 0.811. The lowest BCUT2D eigenvalue weighted by atomic mass is 9.59. The molecule has 2 rings (SSSR count). The number of epoxide rings is 1. The van der Waals surface area contributed by atoms with Crippen LogP contribution in [0.5, 0.6) is 0 Å². The second-order valence-corrected chi connectivity index (χ2v) is 6.01. The summed E-state index contributed by atoms with van der Waals surface area (Å²) < 4.78 is 5.50. The van der Waals surface area contributed by atoms with E-state index in [1.54, 1.807) is 6.92 Å². The highest BCUT2D eigenvalue weighted by Crippen LogP contribution is 2.60. The number of fused-ring (bicyclic) bond motifs is 1. The van der Waals surface area contributed by atoms with Gasteiger partial charge >= 0.3 is 0 Å². The summed E-state index contributed by atoms with van der Waals surface area (Å²) in [6.45, 7) is 6.98. The van der Waals surface area contributed by atoms with Gasteiger partial charge in [0, 0.05) is 5.41 Å². The molecule has 96 valence electrons. The summed E-state index contributed by atoms with van der Waals surface area (Å²) in [5.74, 6) is -0.110. The minimum absolute atomic E-state index is 0.110. The highest BCUT2D eigenvalue weighted by molar-refractivity contribution is 5.87. The fourth-order valence-electron chi connectivity index (χ4n) is 3.07. The number of carbonyl (C=O) groups excluding carboxylic acids is 1. The van der Waals surface area contributed by atoms with Gasteiger partial charge < -0.3 is 14.9 Å². The molecule has 1 aliphatic carbocycles. The Morgan fingerprint density at radius 1 is 1.41 bits per heavy atom. The molecule has 0 aromatic rings. The largest absolute Gasteiger partial charge is 0.390 e. The van der Waals surface area contributed by atoms with Gasteiger partial charge in [-0.05, 0) is 32.4 Å². The first kappa shape index (κ1) is 12.7. The Morgan fingerprint density at radius 2 is 2.00 bits per heavy atom. The van der Waals surface area contributed by atoms with Crippen LogP contribution in [-0.4, -0.2) is 39.4 Å². The third-order valence-corrected chi connectivity index (χ3v) is 4.27. The van der Waals surface area contributed by atoms with Crippen LogP contribution in [0.15, 0.2) is 12.2 Å². The van der Waals surface area contributed by atoms with Crippen molar-refractivity contribution in [1.82, 2.24) is 0 Å². The fourth-order valence-corrected chi connectivity index (χ4v) is 3.07. The fraction of sp³-hybridized carbons (Fsp3) is 0.769. The van der Waals surface area contributed by atoms with Gasteiger partial charge in [0.2, 0.25) is 0 Å². The van der Waals surface area contributed by atoms with Crippen LogP contribution in [0.1, 0.15) is 34.1 Å². The molecule has 1 aliphatic heterocycles. The number of rotatable bonds is 2. The maximum atomic E-state index is 11.0. The number of carbonyl (C=O) groups is 1. The summed E-state index contributed by atoms with van der Waals surface area (Å²) in [4.78, 5) is 11.0. The first-order valence-electron chi connectivity index (χ1n) is 5.92. The van der Waals surface area contributed by atoms with Gasteiger partial charge in [0.15, 0.2) is 5.78 Å². The Labute approximate surface area is 101 Å². The number of hydrogen-bond donors (Lipinski definition) is 2. The molecule has 17 heavy (non-hydrogen) atoms. The van der Waals surface area contributed by atoms with E-state index in [0.29, 0.717) is 6.42 Å². The van der Waals surface area contributed by atoms with Crippen molar-refractivity contribution >= 4 is 5.78 Å². The van der Waals surface area contributed by atoms with Crippen molar-refractivity contribution in [2.45, 2.75) is 57.5 Å². The lowest BCUT2D eigenvalue weighted by molar-refractivity contribution is -0.114. The van der Waals surface area contributed by atoms with Gasteiger partial charge in [0.1, 0.15) is 17.3 Å². The zero-order chi connectivity index (χ0) is 13.1. The number of aliphatic hydroxyl groups is 2. The van der Waals surface area contributed by atoms with Gasteiger partial charge in [0.25, 0.3) is 0 Å². The molecule has 2 N–H and O–H groups in total. The van der Waals surface area contributed by atoms with Crippen molar-refractivity contribution in [3.8, 4) is 0 Å². The monoisotopic (exact) mass is 240 g/mol. The molecule has 4 nitrogen and oxygen atoms in total. The zero-order valence-electron chi connectivity index (χ0n) is 10.7. The average molecular weight is 240 g/mol. The highest BCUT2D eigenvalue weighted by atomic mass is 16.6. The molecular formula is C13H20O4. The molecule has 1 saturated heterocycles. The van der Waals surface area contributed by atoms with Crippen molar-refractivity contribution < 1.29 is 19.7 Å². The normalized spacial score (nSPS) is 47.9. The minimum Gasteiger partial charge on any atom is -0.390 e. The molecule has 0 aromatic carbocycles. The quantitative estimate of drug-likeness (QED) is 0.553. The number of ketones is 1. The van der Waals surface area contributed by atoms with Crippen LogP contribution in [0.3, 0.4) is 0 Å². The van der Waals surface area contributed by atoms with Crippen LogP contribution in [0.4, 0.5) is 0 Å². The van der Waals surface area contributed by atoms with E-state index in [4.69, 9.17) is 4.74 Å². The summed E-state index contributed by atoms with van der Waals surface area (Å²) in [6, 6.07) is 0. The van der Waals surface area contributed by atoms with E-state index in [1.807, 2.05) is 13.8 Å². The first-order chi connectivity index (χ1) is 7.64. The summed E-state index contributed by atoms with van der Waals surface area (Å²) in [6.07, 6.45) is 2.47. The molecule has 0 spiro atoms. The third-order valence-electron chi connectivity index (χ3n) is 4.27. The summed E-state index contributed by atoms with van der Waals surface area (Å²) in [5, 5.41) is 20.8. The van der Waals surface area contributed by atoms with Crippen molar-refractivity contribution in [3.05, 3.63) is 12.2 Å². The Balaban J connectivity index is 2.39. The molecule has 2 fully saturated rings. The van der Waals surface area contributed by atoms with E-state index >= 15 is 0 Å². The summed E-state index contributed by atoms with van der Waals surface area (Å²) in [7, 11) is 0. The predicted molar refractivity (Wildman–Crippen MR) is 62.5 cm³/mol. The molecular weight excluding hydrogens is 220 g/mol. The van der Waals surface area contributed by atoms with Crippen molar-refractivity contribution in [2.75, 3.05) is 0 Å². The molecule has 4 heteroatoms. The van der Waals surface area contributed by atoms with Gasteiger partial charge in [-0.2, -0.15) is 0 Å². The van der Waals surface area contributed by atoms with Gasteiger partial charge in [-0.15, -0.1) is 0 Å². The van der Waals surface area contributed by atoms with Crippen LogP contribution < -0.4 is 0 Å². The van der Waals surface area contributed by atoms with Crippen molar-refractivity contribution in [1.29, 1.82) is 0 Å². The second kappa shape index (κ2) is 3.40. The van der Waals surface area contributed by atoms with Gasteiger partial charge in [-0.3, -0.25) is 4.79 Å². The van der Waals surface area contributed by atoms with Gasteiger partial charge in [-0.1, -0.05) is 13.8 Å². The number of ether oxygens (including phenoxy) is 1. The molecule has 0 amide bonds. The number of allylic oxidation sites excluding steroid dienone is 1. The Bertz CT molecular complexity index is 380. The highest BCUT2D eigenvalue weighted by Gasteiger charge is 2.74. The molecule has 1 heterocycles. The second-order valence-electron chi connectivity index (χ2n) is 6.01. The van der Waals surface area contributed by atoms with Gasteiger partial charge in [0.05, 0.1) is 6.10 Å². The van der Waals surface area contributed by atoms with E-state index in [0.717, 1.165) is 0 Å². The SMILES string of the molecule is CC(=O)/C=C/[C@@]1(O)C(C)(C)C[C@@H](O)[C@H]2O[C@]21C. The maximum absolute atomic E-state index is 11.0. The van der Waals surface area contributed by atoms with E-state index in [1.165, 1.54) is 19.1 Å². The van der Waals surface area contributed by atoms with Crippen LogP contribution in [0.25, 0.3) is 0 Å². The minimum atomic E-state index is -1.23. The summed E-state index contributed by atoms with van der Waals surface area (Å²) >= 11 is 0. The topological polar surface area (TPSA) is 70.1 Å². The van der Waals surface area contributed by atoms with E-state index in [-0.39, 0.29) is 11.9 Å². The molecule has 1 saturated carbocycles. The number of aliphatic hydroxyl groups excluding tert-OH is 1. The van der Waals surface area contributed by atoms with E-state index in [2.05, 4.69) is 0 Å². The molecule has 4 atom stereocenters. The lowest BCUT2D eigenvalue weighted by Crippen LogP contribution is -2.60. The van der Waals surface area contributed by atoms with Crippen LogP contribution in [-0.2, 0) is 9.53 Å². The first-order valence-corrected chi connectivity index (χ1v) is 5.92. The Morgan fingerprint density at radius 3 is 2.53 bits per heavy atom. The van der Waals surface area contributed by atoms with Crippen LogP contribution >= 0.6 is 0 Å². The van der Waals surface area contributed by atoms with E-state index in [9.17, 15) is 15.0 Å².